The van der Waals surface area contributed by atoms with Gasteiger partial charge in [0.2, 0.25) is 5.91 Å². The van der Waals surface area contributed by atoms with Gasteiger partial charge in [-0.15, -0.1) is 0 Å². The highest BCUT2D eigenvalue weighted by molar-refractivity contribution is 5.84. The van der Waals surface area contributed by atoms with Crippen molar-refractivity contribution in [1.82, 2.24) is 16.0 Å². The van der Waals surface area contributed by atoms with Crippen LogP contribution in [0.25, 0.3) is 0 Å². The molecule has 0 bridgehead atoms. The maximum atomic E-state index is 11.6. The molecule has 0 atom stereocenters. The van der Waals surface area contributed by atoms with E-state index in [1.807, 2.05) is 0 Å². The van der Waals surface area contributed by atoms with Gasteiger partial charge < -0.3 is 25.8 Å². The van der Waals surface area contributed by atoms with Crippen LogP contribution in [0, 0.1) is 5.41 Å². The van der Waals surface area contributed by atoms with Crippen molar-refractivity contribution < 1.29 is 24.2 Å². The minimum Gasteiger partial charge on any atom is -0.481 e. The summed E-state index contributed by atoms with van der Waals surface area (Å²) in [6.07, 6.45) is 0.827. The summed E-state index contributed by atoms with van der Waals surface area (Å²) in [6, 6.07) is -0.565. The molecule has 8 heteroatoms. The molecule has 0 aliphatic carbocycles. The number of ether oxygens (including phenoxy) is 1. The first kappa shape index (κ1) is 19.2. The predicted molar refractivity (Wildman–Crippen MR) is 76.9 cm³/mol. The van der Waals surface area contributed by atoms with Gasteiger partial charge in [-0.05, 0) is 12.8 Å². The Morgan fingerprint density at radius 1 is 1.10 bits per heavy atom. The van der Waals surface area contributed by atoms with Crippen LogP contribution in [0.2, 0.25) is 0 Å². The number of hydrogen-bond donors (Lipinski definition) is 4. The van der Waals surface area contributed by atoms with E-state index in [2.05, 4.69) is 16.0 Å². The largest absolute Gasteiger partial charge is 0.481 e. The number of carbonyl (C=O) groups excluding carboxylic acids is 2. The van der Waals surface area contributed by atoms with Crippen LogP contribution in [0.4, 0.5) is 4.79 Å². The Labute approximate surface area is 124 Å². The van der Waals surface area contributed by atoms with Gasteiger partial charge in [-0.1, -0.05) is 13.8 Å². The number of carboxylic acids is 1. The third-order valence-electron chi connectivity index (χ3n) is 3.43. The zero-order valence-corrected chi connectivity index (χ0v) is 12.8. The minimum absolute atomic E-state index is 0.0203. The second-order valence-electron chi connectivity index (χ2n) is 4.67. The molecule has 0 radical (unpaired) electrons. The Bertz CT molecular complexity index is 356. The lowest BCUT2D eigenvalue weighted by atomic mass is 9.82. The number of aliphatic carboxylic acids is 1. The fourth-order valence-corrected chi connectivity index (χ4v) is 1.71. The highest BCUT2D eigenvalue weighted by Crippen LogP contribution is 2.25. The molecule has 0 aliphatic heterocycles. The quantitative estimate of drug-likeness (QED) is 0.422. The number of carbonyl (C=O) groups is 3. The highest BCUT2D eigenvalue weighted by atomic mass is 16.5. The molecule has 0 fully saturated rings. The maximum Gasteiger partial charge on any atom is 0.315 e. The van der Waals surface area contributed by atoms with Crippen LogP contribution in [0.1, 0.15) is 26.7 Å². The van der Waals surface area contributed by atoms with Crippen molar-refractivity contribution in [2.24, 2.45) is 5.41 Å². The van der Waals surface area contributed by atoms with E-state index in [-0.39, 0.29) is 19.0 Å². The summed E-state index contributed by atoms with van der Waals surface area (Å²) in [7, 11) is 1.52. The standard InChI is InChI=1S/C13H25N3O5/c1-4-13(5-2,11(18)19)9-16-12(20)15-8-10(17)14-6-7-21-3/h4-9H2,1-3H3,(H,14,17)(H,18,19)(H2,15,16,20). The molecule has 0 saturated heterocycles. The number of methoxy groups -OCH3 is 1. The van der Waals surface area contributed by atoms with Gasteiger partial charge in [0.15, 0.2) is 0 Å². The summed E-state index contributed by atoms with van der Waals surface area (Å²) < 4.78 is 4.77. The van der Waals surface area contributed by atoms with Crippen molar-refractivity contribution in [2.75, 3.05) is 33.4 Å². The van der Waals surface area contributed by atoms with Crippen LogP contribution in [0.15, 0.2) is 0 Å². The number of amides is 3. The summed E-state index contributed by atoms with van der Waals surface area (Å²) in [5.41, 5.74) is -0.974. The predicted octanol–water partition coefficient (Wildman–Crippen LogP) is -0.0608. The van der Waals surface area contributed by atoms with Crippen LogP contribution in [0.5, 0.6) is 0 Å². The summed E-state index contributed by atoms with van der Waals surface area (Å²) >= 11 is 0. The second kappa shape index (κ2) is 9.98. The van der Waals surface area contributed by atoms with Crippen molar-refractivity contribution in [1.29, 1.82) is 0 Å². The maximum absolute atomic E-state index is 11.6. The summed E-state index contributed by atoms with van der Waals surface area (Å²) in [5.74, 6) is -1.28. The number of nitrogens with one attached hydrogen (secondary N) is 3. The zero-order chi connectivity index (χ0) is 16.3. The van der Waals surface area contributed by atoms with E-state index < -0.39 is 17.4 Å². The van der Waals surface area contributed by atoms with E-state index in [9.17, 15) is 19.5 Å². The van der Waals surface area contributed by atoms with Gasteiger partial charge in [0.1, 0.15) is 0 Å². The van der Waals surface area contributed by atoms with Crippen molar-refractivity contribution in [2.45, 2.75) is 26.7 Å². The topological polar surface area (TPSA) is 117 Å². The summed E-state index contributed by atoms with van der Waals surface area (Å²) in [6.45, 7) is 4.14. The molecule has 0 aliphatic rings. The van der Waals surface area contributed by atoms with E-state index in [4.69, 9.17) is 4.74 Å². The number of urea groups is 1. The van der Waals surface area contributed by atoms with Crippen molar-refractivity contribution >= 4 is 17.9 Å². The third kappa shape index (κ3) is 6.94. The molecule has 122 valence electrons. The minimum atomic E-state index is -0.974. The van der Waals surface area contributed by atoms with Gasteiger partial charge in [0.05, 0.1) is 18.6 Å². The van der Waals surface area contributed by atoms with Gasteiger partial charge in [-0.25, -0.2) is 4.79 Å². The fraction of sp³-hybridized carbons (Fsp3) is 0.769. The molecule has 0 aromatic carbocycles. The van der Waals surface area contributed by atoms with Crippen LogP contribution in [-0.4, -0.2) is 56.4 Å². The third-order valence-corrected chi connectivity index (χ3v) is 3.43. The van der Waals surface area contributed by atoms with E-state index in [0.717, 1.165) is 0 Å². The Kier molecular flexibility index (Phi) is 9.11. The average Bonchev–Trinajstić information content (AvgIpc) is 2.46. The molecule has 0 unspecified atom stereocenters. The lowest BCUT2D eigenvalue weighted by Crippen LogP contribution is -2.48. The van der Waals surface area contributed by atoms with Gasteiger partial charge in [0.25, 0.3) is 0 Å². The first-order chi connectivity index (χ1) is 9.91. The van der Waals surface area contributed by atoms with Gasteiger partial charge in [0, 0.05) is 20.2 Å². The Morgan fingerprint density at radius 3 is 2.19 bits per heavy atom. The van der Waals surface area contributed by atoms with Crippen LogP contribution in [0.3, 0.4) is 0 Å². The van der Waals surface area contributed by atoms with Gasteiger partial charge in [-0.3, -0.25) is 9.59 Å². The fourth-order valence-electron chi connectivity index (χ4n) is 1.71. The Morgan fingerprint density at radius 2 is 1.71 bits per heavy atom. The van der Waals surface area contributed by atoms with Crippen LogP contribution < -0.4 is 16.0 Å². The Balaban J connectivity index is 4.09. The van der Waals surface area contributed by atoms with Crippen LogP contribution in [-0.2, 0) is 14.3 Å². The summed E-state index contributed by atoms with van der Waals surface area (Å²) in [5, 5.41) is 16.6. The SMILES string of the molecule is CCC(CC)(CNC(=O)NCC(=O)NCCOC)C(=O)O. The molecular weight excluding hydrogens is 278 g/mol. The lowest BCUT2D eigenvalue weighted by Gasteiger charge is -2.26. The van der Waals surface area contributed by atoms with E-state index >= 15 is 0 Å². The van der Waals surface area contributed by atoms with Gasteiger partial charge >= 0.3 is 12.0 Å². The molecule has 0 aromatic rings. The van der Waals surface area contributed by atoms with Crippen molar-refractivity contribution in [3.05, 3.63) is 0 Å². The van der Waals surface area contributed by atoms with Crippen LogP contribution >= 0.6 is 0 Å². The first-order valence-electron chi connectivity index (χ1n) is 6.92. The molecule has 8 nitrogen and oxygen atoms in total. The lowest BCUT2D eigenvalue weighted by molar-refractivity contribution is -0.149. The molecule has 0 aromatic heterocycles. The molecular formula is C13H25N3O5. The molecule has 0 rings (SSSR count). The zero-order valence-electron chi connectivity index (χ0n) is 12.8. The average molecular weight is 303 g/mol. The highest BCUT2D eigenvalue weighted by Gasteiger charge is 2.35. The van der Waals surface area contributed by atoms with E-state index in [0.29, 0.717) is 26.0 Å². The van der Waals surface area contributed by atoms with Crippen molar-refractivity contribution in [3.8, 4) is 0 Å². The molecule has 0 heterocycles. The first-order valence-corrected chi connectivity index (χ1v) is 6.92. The summed E-state index contributed by atoms with van der Waals surface area (Å²) in [4.78, 5) is 34.2. The number of hydrogen-bond acceptors (Lipinski definition) is 4. The van der Waals surface area contributed by atoms with Gasteiger partial charge in [-0.2, -0.15) is 0 Å². The normalized spacial score (nSPS) is 10.8. The number of rotatable bonds is 10. The second-order valence-corrected chi connectivity index (χ2v) is 4.67. The van der Waals surface area contributed by atoms with E-state index in [1.165, 1.54) is 7.11 Å². The molecule has 3 amide bonds. The Hall–Kier alpha value is -1.83. The molecule has 4 N–H and O–H groups in total. The molecule has 0 spiro atoms. The molecule has 21 heavy (non-hydrogen) atoms. The number of carboxylic acid groups (broad SMARTS) is 1. The smallest absolute Gasteiger partial charge is 0.315 e. The van der Waals surface area contributed by atoms with Crippen molar-refractivity contribution in [3.63, 3.8) is 0 Å². The molecule has 0 saturated carbocycles. The monoisotopic (exact) mass is 303 g/mol. The van der Waals surface area contributed by atoms with E-state index in [1.54, 1.807) is 13.8 Å².